The molecule has 1 aromatic heterocycles. The van der Waals surface area contributed by atoms with Crippen molar-refractivity contribution in [1.82, 2.24) is 4.98 Å². The second-order valence-electron chi connectivity index (χ2n) is 5.34. The topological polar surface area (TPSA) is 56.3 Å². The zero-order chi connectivity index (χ0) is 16.5. The maximum atomic E-state index is 11.3. The molecule has 0 N–H and O–H groups in total. The van der Waals surface area contributed by atoms with Crippen LogP contribution in [0.2, 0.25) is 0 Å². The van der Waals surface area contributed by atoms with Crippen LogP contribution in [-0.4, -0.2) is 23.8 Å². The number of thiazole rings is 1. The number of methoxy groups -OCH3 is 1. The summed E-state index contributed by atoms with van der Waals surface area (Å²) in [6.45, 7) is 0. The van der Waals surface area contributed by atoms with Gasteiger partial charge in [-0.05, 0) is 19.3 Å². The van der Waals surface area contributed by atoms with Gasteiger partial charge in [-0.25, -0.2) is 9.78 Å². The molecule has 0 bridgehead atoms. The fourth-order valence-electron chi connectivity index (χ4n) is 2.30. The fourth-order valence-corrected chi connectivity index (χ4v) is 3.16. The van der Waals surface area contributed by atoms with Crippen LogP contribution >= 0.6 is 11.3 Å². The van der Waals surface area contributed by atoms with Crippen LogP contribution in [0.1, 0.15) is 37.8 Å². The van der Waals surface area contributed by atoms with Crippen molar-refractivity contribution in [2.75, 3.05) is 7.11 Å². The van der Waals surface area contributed by atoms with Crippen LogP contribution in [0.25, 0.3) is 10.6 Å². The van der Waals surface area contributed by atoms with Gasteiger partial charge in [-0.15, -0.1) is 11.3 Å². The number of Topliss-reactive ketones (excluding diaryl/α,β-unsaturated/α-hetero) is 1. The number of aryl methyl sites for hydroxylation is 1. The van der Waals surface area contributed by atoms with Crippen LogP contribution in [0.5, 0.6) is 0 Å². The molecule has 1 heterocycles. The number of nitrogens with zero attached hydrogens (tertiary/aromatic N) is 1. The minimum atomic E-state index is -0.735. The van der Waals surface area contributed by atoms with Gasteiger partial charge in [-0.2, -0.15) is 0 Å². The molecule has 0 saturated heterocycles. The first-order valence-corrected chi connectivity index (χ1v) is 8.69. The first-order valence-electron chi connectivity index (χ1n) is 7.81. The van der Waals surface area contributed by atoms with Gasteiger partial charge in [-0.3, -0.25) is 4.79 Å². The molecule has 4 nitrogen and oxygen atoms in total. The van der Waals surface area contributed by atoms with E-state index in [1.807, 2.05) is 18.2 Å². The number of rotatable bonds is 9. The summed E-state index contributed by atoms with van der Waals surface area (Å²) in [4.78, 5) is 26.9. The third-order valence-electron chi connectivity index (χ3n) is 3.57. The van der Waals surface area contributed by atoms with Gasteiger partial charge in [0.05, 0.1) is 12.8 Å². The number of carbonyl (C=O) groups excluding carboxylic acids is 2. The quantitative estimate of drug-likeness (QED) is 0.395. The zero-order valence-corrected chi connectivity index (χ0v) is 14.1. The van der Waals surface area contributed by atoms with Crippen molar-refractivity contribution in [1.29, 1.82) is 0 Å². The second-order valence-corrected chi connectivity index (χ2v) is 6.20. The highest BCUT2D eigenvalue weighted by molar-refractivity contribution is 7.13. The molecule has 0 amide bonds. The van der Waals surface area contributed by atoms with Gasteiger partial charge < -0.3 is 4.74 Å². The Kier molecular flexibility index (Phi) is 6.94. The molecule has 0 aliphatic rings. The maximum Gasteiger partial charge on any atom is 0.374 e. The Morgan fingerprint density at radius 3 is 2.57 bits per heavy atom. The number of esters is 1. The Morgan fingerprint density at radius 1 is 1.09 bits per heavy atom. The van der Waals surface area contributed by atoms with E-state index in [1.165, 1.54) is 7.11 Å². The van der Waals surface area contributed by atoms with Gasteiger partial charge in [0.2, 0.25) is 5.78 Å². The largest absolute Gasteiger partial charge is 0.463 e. The lowest BCUT2D eigenvalue weighted by molar-refractivity contribution is -0.151. The Labute approximate surface area is 140 Å². The number of unbranched alkanes of at least 4 members (excludes halogenated alkanes) is 3. The summed E-state index contributed by atoms with van der Waals surface area (Å²) in [6.07, 6.45) is 4.99. The molecule has 0 spiro atoms. The number of hydrogen-bond donors (Lipinski definition) is 0. The summed E-state index contributed by atoms with van der Waals surface area (Å²) in [7, 11) is 1.23. The SMILES string of the molecule is COC(=O)C(=O)CCCCCCc1csc(-c2ccccc2)n1. The van der Waals surface area contributed by atoms with Crippen molar-refractivity contribution in [3.8, 4) is 10.6 Å². The standard InChI is InChI=1S/C18H21NO3S/c1-22-18(21)16(20)12-8-3-2-7-11-15-13-23-17(19-15)14-9-5-4-6-10-14/h4-6,9-10,13H,2-3,7-8,11-12H2,1H3. The molecule has 1 aromatic carbocycles. The Hall–Kier alpha value is -2.01. The summed E-state index contributed by atoms with van der Waals surface area (Å²) in [6, 6.07) is 10.2. The van der Waals surface area contributed by atoms with Crippen LogP contribution < -0.4 is 0 Å². The van der Waals surface area contributed by atoms with Gasteiger partial charge >= 0.3 is 5.97 Å². The van der Waals surface area contributed by atoms with E-state index in [4.69, 9.17) is 0 Å². The van der Waals surface area contributed by atoms with Gasteiger partial charge in [0, 0.05) is 17.4 Å². The maximum absolute atomic E-state index is 11.3. The van der Waals surface area contributed by atoms with E-state index in [2.05, 4.69) is 27.2 Å². The number of ether oxygens (including phenoxy) is 1. The summed E-state index contributed by atoms with van der Waals surface area (Å²) >= 11 is 1.67. The minimum absolute atomic E-state index is 0.279. The first kappa shape index (κ1) is 17.3. The Balaban J connectivity index is 1.65. The van der Waals surface area contributed by atoms with Crippen LogP contribution in [0.4, 0.5) is 0 Å². The lowest BCUT2D eigenvalue weighted by Crippen LogP contribution is -2.14. The van der Waals surface area contributed by atoms with Gasteiger partial charge in [-0.1, -0.05) is 43.2 Å². The average molecular weight is 331 g/mol. The zero-order valence-electron chi connectivity index (χ0n) is 13.3. The lowest BCUT2D eigenvalue weighted by Gasteiger charge is -2.00. The second kappa shape index (κ2) is 9.20. The van der Waals surface area contributed by atoms with E-state index in [9.17, 15) is 9.59 Å². The minimum Gasteiger partial charge on any atom is -0.463 e. The predicted molar refractivity (Wildman–Crippen MR) is 91.4 cm³/mol. The third kappa shape index (κ3) is 5.60. The number of benzene rings is 1. The van der Waals surface area contributed by atoms with Crippen molar-refractivity contribution in [3.63, 3.8) is 0 Å². The molecule has 0 aliphatic heterocycles. The van der Waals surface area contributed by atoms with Crippen LogP contribution in [0.3, 0.4) is 0 Å². The van der Waals surface area contributed by atoms with E-state index in [-0.39, 0.29) is 6.42 Å². The number of ketones is 1. The highest BCUT2D eigenvalue weighted by atomic mass is 32.1. The molecule has 5 heteroatoms. The third-order valence-corrected chi connectivity index (χ3v) is 4.51. The molecule has 2 rings (SSSR count). The van der Waals surface area contributed by atoms with E-state index in [1.54, 1.807) is 11.3 Å². The van der Waals surface area contributed by atoms with Crippen LogP contribution in [0, 0.1) is 0 Å². The van der Waals surface area contributed by atoms with E-state index in [0.29, 0.717) is 0 Å². The molecule has 0 unspecified atom stereocenters. The monoisotopic (exact) mass is 331 g/mol. The van der Waals surface area contributed by atoms with Crippen molar-refractivity contribution in [2.24, 2.45) is 0 Å². The molecule has 0 atom stereocenters. The molecule has 23 heavy (non-hydrogen) atoms. The summed E-state index contributed by atoms with van der Waals surface area (Å²) in [5.74, 6) is -1.17. The smallest absolute Gasteiger partial charge is 0.374 e. The molecule has 0 fully saturated rings. The van der Waals surface area contributed by atoms with Crippen molar-refractivity contribution in [2.45, 2.75) is 38.5 Å². The summed E-state index contributed by atoms with van der Waals surface area (Å²) < 4.78 is 4.39. The van der Waals surface area contributed by atoms with Crippen molar-refractivity contribution < 1.29 is 14.3 Å². The van der Waals surface area contributed by atoms with E-state index < -0.39 is 11.8 Å². The van der Waals surface area contributed by atoms with Gasteiger partial charge in [0.1, 0.15) is 5.01 Å². The first-order chi connectivity index (χ1) is 11.2. The average Bonchev–Trinajstić information content (AvgIpc) is 3.06. The predicted octanol–water partition coefficient (Wildman–Crippen LogP) is 4.05. The number of aromatic nitrogens is 1. The molecular weight excluding hydrogens is 310 g/mol. The molecule has 2 aromatic rings. The van der Waals surface area contributed by atoms with Crippen molar-refractivity contribution in [3.05, 3.63) is 41.4 Å². The number of carbonyl (C=O) groups is 2. The molecule has 0 radical (unpaired) electrons. The molecule has 0 aliphatic carbocycles. The highest BCUT2D eigenvalue weighted by Gasteiger charge is 2.12. The van der Waals surface area contributed by atoms with Crippen LogP contribution in [-0.2, 0) is 20.7 Å². The van der Waals surface area contributed by atoms with E-state index in [0.717, 1.165) is 48.4 Å². The van der Waals surface area contributed by atoms with E-state index >= 15 is 0 Å². The molecule has 122 valence electrons. The lowest BCUT2D eigenvalue weighted by atomic mass is 10.1. The Bertz CT molecular complexity index is 637. The Morgan fingerprint density at radius 2 is 1.83 bits per heavy atom. The highest BCUT2D eigenvalue weighted by Crippen LogP contribution is 2.24. The number of hydrogen-bond acceptors (Lipinski definition) is 5. The van der Waals surface area contributed by atoms with Gasteiger partial charge in [0.15, 0.2) is 0 Å². The van der Waals surface area contributed by atoms with Gasteiger partial charge in [0.25, 0.3) is 0 Å². The molecule has 0 saturated carbocycles. The molecular formula is C18H21NO3S. The van der Waals surface area contributed by atoms with Crippen molar-refractivity contribution >= 4 is 23.1 Å². The fraction of sp³-hybridized carbons (Fsp3) is 0.389. The summed E-state index contributed by atoms with van der Waals surface area (Å²) in [5.41, 5.74) is 2.28. The van der Waals surface area contributed by atoms with Crippen LogP contribution in [0.15, 0.2) is 35.7 Å². The normalized spacial score (nSPS) is 10.5. The summed E-state index contributed by atoms with van der Waals surface area (Å²) in [5, 5.41) is 3.17.